The van der Waals surface area contributed by atoms with Crippen molar-refractivity contribution >= 4 is 34.6 Å². The fourth-order valence-corrected chi connectivity index (χ4v) is 4.39. The molecule has 0 atom stereocenters. The predicted octanol–water partition coefficient (Wildman–Crippen LogP) is 4.25. The number of carbonyl (C=O) groups is 1. The number of aryl methyl sites for hydroxylation is 1. The number of amides is 1. The van der Waals surface area contributed by atoms with Crippen molar-refractivity contribution in [3.05, 3.63) is 72.4 Å². The Hall–Kier alpha value is -3.06. The second kappa shape index (κ2) is 6.72. The topological polar surface area (TPSA) is 91.6 Å². The summed E-state index contributed by atoms with van der Waals surface area (Å²) in [6.07, 6.45) is 0. The quantitative estimate of drug-likeness (QED) is 0.575. The maximum atomic E-state index is 12.9. The van der Waals surface area contributed by atoms with Gasteiger partial charge in [0.25, 0.3) is 16.8 Å². The normalized spacial score (nSPS) is 15.5. The van der Waals surface area contributed by atoms with Crippen LogP contribution in [-0.4, -0.2) is 17.9 Å². The van der Waals surface area contributed by atoms with Crippen LogP contribution in [0.15, 0.2) is 38.3 Å². The van der Waals surface area contributed by atoms with E-state index in [1.54, 1.807) is 24.1 Å². The molecule has 3 aromatic rings. The number of carbonyl (C=O) groups excluding carboxylic acids is 1. The van der Waals surface area contributed by atoms with E-state index in [1.165, 1.54) is 0 Å². The Kier molecular flexibility index (Phi) is 4.59. The molecule has 0 saturated heterocycles. The van der Waals surface area contributed by atoms with Crippen LogP contribution in [0.25, 0.3) is 0 Å². The third kappa shape index (κ3) is 3.07. The minimum absolute atomic E-state index is 0.117. The van der Waals surface area contributed by atoms with Gasteiger partial charge in [0, 0.05) is 17.6 Å². The van der Waals surface area contributed by atoms with Gasteiger partial charge in [-0.15, -0.1) is 0 Å². The van der Waals surface area contributed by atoms with Gasteiger partial charge in [0.15, 0.2) is 0 Å². The molecule has 8 heteroatoms. The Morgan fingerprint density at radius 3 is 2.29 bits per heavy atom. The van der Waals surface area contributed by atoms with E-state index in [-0.39, 0.29) is 17.3 Å². The van der Waals surface area contributed by atoms with Gasteiger partial charge in [0.2, 0.25) is 0 Å². The van der Waals surface area contributed by atoms with Crippen LogP contribution < -0.4 is 21.5 Å². The van der Waals surface area contributed by atoms with Crippen LogP contribution in [0, 0.1) is 6.92 Å². The number of hydrogen-bond donors (Lipinski definition) is 2. The Morgan fingerprint density at radius 1 is 1.03 bits per heavy atom. The highest BCUT2D eigenvalue weighted by atomic mass is 35.5. The molecule has 0 spiro atoms. The van der Waals surface area contributed by atoms with Crippen LogP contribution in [0.2, 0.25) is 5.02 Å². The lowest BCUT2D eigenvalue weighted by Gasteiger charge is -2.29. The molecule has 0 saturated carbocycles. The van der Waals surface area contributed by atoms with E-state index in [2.05, 4.69) is 10.6 Å². The van der Waals surface area contributed by atoms with Gasteiger partial charge in [0.05, 0.1) is 22.3 Å². The van der Waals surface area contributed by atoms with Crippen LogP contribution >= 0.6 is 11.6 Å². The summed E-state index contributed by atoms with van der Waals surface area (Å²) in [4.78, 5) is 39.3. The standard InChI is InChI=1S/C23H24ClN3O4/c1-11-7-10-14(31-11)22(2,3)26-18-17(19(28)20(18)29)25-13-9-8-12(24)16-15(13)21(30)27(6)23(16,4)5/h7-10,25-26H,1-6H3. The summed E-state index contributed by atoms with van der Waals surface area (Å²) in [7, 11) is 1.71. The van der Waals surface area contributed by atoms with Crippen molar-refractivity contribution in [1.82, 2.24) is 4.90 Å². The fraction of sp³-hybridized carbons (Fsp3) is 0.348. The number of furan rings is 1. The van der Waals surface area contributed by atoms with E-state index >= 15 is 0 Å². The molecule has 4 rings (SSSR count). The molecule has 0 fully saturated rings. The van der Waals surface area contributed by atoms with Gasteiger partial charge in [-0.1, -0.05) is 11.6 Å². The maximum Gasteiger partial charge on any atom is 0.256 e. The van der Waals surface area contributed by atoms with Crippen molar-refractivity contribution in [2.24, 2.45) is 0 Å². The van der Waals surface area contributed by atoms with Crippen LogP contribution in [-0.2, 0) is 11.1 Å². The molecule has 1 aliphatic rings. The molecule has 1 aliphatic heterocycles. The molecule has 162 valence electrons. The highest BCUT2D eigenvalue weighted by molar-refractivity contribution is 6.32. The maximum absolute atomic E-state index is 12.9. The third-order valence-electron chi connectivity index (χ3n) is 6.09. The van der Waals surface area contributed by atoms with E-state index in [0.717, 1.165) is 5.76 Å². The Morgan fingerprint density at radius 2 is 1.68 bits per heavy atom. The number of fused-ring (bicyclic) bond motifs is 1. The molecule has 0 unspecified atom stereocenters. The monoisotopic (exact) mass is 441 g/mol. The Balaban J connectivity index is 1.73. The van der Waals surface area contributed by atoms with Gasteiger partial charge in [-0.05, 0) is 58.9 Å². The fourth-order valence-electron chi connectivity index (χ4n) is 4.00. The number of benzene rings is 1. The molecule has 1 amide bonds. The van der Waals surface area contributed by atoms with Crippen molar-refractivity contribution < 1.29 is 9.21 Å². The number of nitrogens with one attached hydrogen (secondary N) is 2. The molecular formula is C23H24ClN3O4. The van der Waals surface area contributed by atoms with Crippen molar-refractivity contribution in [2.45, 2.75) is 45.7 Å². The SMILES string of the molecule is Cc1ccc(C(C)(C)Nc2c(Nc3ccc(Cl)c4c3C(=O)N(C)C4(C)C)c(=O)c2=O)o1. The number of halogens is 1. The highest BCUT2D eigenvalue weighted by Crippen LogP contribution is 2.45. The molecular weight excluding hydrogens is 418 g/mol. The molecule has 1 aromatic heterocycles. The summed E-state index contributed by atoms with van der Waals surface area (Å²) in [5, 5.41) is 6.61. The number of rotatable bonds is 5. The van der Waals surface area contributed by atoms with Gasteiger partial charge < -0.3 is 20.0 Å². The number of nitrogens with zero attached hydrogens (tertiary/aromatic N) is 1. The summed E-state index contributed by atoms with van der Waals surface area (Å²) < 4.78 is 5.69. The second-order valence-electron chi connectivity index (χ2n) is 8.96. The van der Waals surface area contributed by atoms with Crippen LogP contribution in [0.5, 0.6) is 0 Å². The van der Waals surface area contributed by atoms with Crippen LogP contribution in [0.3, 0.4) is 0 Å². The van der Waals surface area contributed by atoms with Crippen molar-refractivity contribution in [1.29, 1.82) is 0 Å². The molecule has 2 heterocycles. The van der Waals surface area contributed by atoms with E-state index < -0.39 is 21.9 Å². The zero-order valence-corrected chi connectivity index (χ0v) is 19.0. The zero-order valence-electron chi connectivity index (χ0n) is 18.3. The minimum atomic E-state index is -0.729. The summed E-state index contributed by atoms with van der Waals surface area (Å²) in [6, 6.07) is 6.99. The molecule has 2 aromatic carbocycles. The summed E-state index contributed by atoms with van der Waals surface area (Å²) in [6.45, 7) is 9.36. The third-order valence-corrected chi connectivity index (χ3v) is 6.40. The van der Waals surface area contributed by atoms with Gasteiger partial charge >= 0.3 is 0 Å². The van der Waals surface area contributed by atoms with E-state index in [0.29, 0.717) is 27.6 Å². The first kappa shape index (κ1) is 21.2. The lowest BCUT2D eigenvalue weighted by Crippen LogP contribution is -2.41. The van der Waals surface area contributed by atoms with Gasteiger partial charge in [-0.25, -0.2) is 0 Å². The molecule has 2 N–H and O–H groups in total. The Labute approximate surface area is 184 Å². The van der Waals surface area contributed by atoms with E-state index in [4.69, 9.17) is 16.0 Å². The van der Waals surface area contributed by atoms with Crippen LogP contribution in [0.1, 0.15) is 55.1 Å². The highest BCUT2D eigenvalue weighted by Gasteiger charge is 2.44. The van der Waals surface area contributed by atoms with Crippen LogP contribution in [0.4, 0.5) is 17.1 Å². The smallest absolute Gasteiger partial charge is 0.256 e. The van der Waals surface area contributed by atoms with Gasteiger partial charge in [-0.2, -0.15) is 0 Å². The summed E-state index contributed by atoms with van der Waals surface area (Å²) in [5.74, 6) is 1.18. The average molecular weight is 442 g/mol. The first-order valence-electron chi connectivity index (χ1n) is 9.93. The van der Waals surface area contributed by atoms with Gasteiger partial charge in [0.1, 0.15) is 22.9 Å². The average Bonchev–Trinajstić information content (AvgIpc) is 3.23. The van der Waals surface area contributed by atoms with Crippen molar-refractivity contribution in [2.75, 3.05) is 17.7 Å². The van der Waals surface area contributed by atoms with Gasteiger partial charge in [-0.3, -0.25) is 14.4 Å². The molecule has 0 aliphatic carbocycles. The summed E-state index contributed by atoms with van der Waals surface area (Å²) >= 11 is 6.42. The van der Waals surface area contributed by atoms with E-state index in [1.807, 2.05) is 46.8 Å². The summed E-state index contributed by atoms with van der Waals surface area (Å²) in [5.41, 5.74) is -0.794. The lowest BCUT2D eigenvalue weighted by atomic mass is 9.93. The zero-order chi connectivity index (χ0) is 22.9. The molecule has 7 nitrogen and oxygen atoms in total. The molecule has 0 radical (unpaired) electrons. The largest absolute Gasteiger partial charge is 0.464 e. The molecule has 31 heavy (non-hydrogen) atoms. The van der Waals surface area contributed by atoms with E-state index in [9.17, 15) is 14.4 Å². The Bertz CT molecular complexity index is 1300. The molecule has 0 bridgehead atoms. The first-order chi connectivity index (χ1) is 14.4. The van der Waals surface area contributed by atoms with Crippen molar-refractivity contribution in [3.63, 3.8) is 0 Å². The number of hydrogen-bond acceptors (Lipinski definition) is 6. The van der Waals surface area contributed by atoms with Crippen molar-refractivity contribution in [3.8, 4) is 0 Å². The minimum Gasteiger partial charge on any atom is -0.464 e. The first-order valence-corrected chi connectivity index (χ1v) is 10.3. The number of anilines is 3. The lowest BCUT2D eigenvalue weighted by molar-refractivity contribution is 0.0692. The second-order valence-corrected chi connectivity index (χ2v) is 9.37. The predicted molar refractivity (Wildman–Crippen MR) is 121 cm³/mol.